The Morgan fingerprint density at radius 3 is 1.92 bits per heavy atom. The number of fused-ring (bicyclic) bond motifs is 8. The molecule has 2 aromatic heterocycles. The molecule has 0 N–H and O–H groups in total. The van der Waals surface area contributed by atoms with E-state index < -0.39 is 0 Å². The molecular weight excluding hydrogens is 613 g/mol. The van der Waals surface area contributed by atoms with Crippen LogP contribution in [0.25, 0.3) is 69.6 Å². The van der Waals surface area contributed by atoms with Gasteiger partial charge in [-0.3, -0.25) is 0 Å². The Kier molecular flexibility index (Phi) is 6.39. The molecule has 0 fully saturated rings. The lowest BCUT2D eigenvalue weighted by molar-refractivity contribution is 1.18. The molecule has 2 heterocycles. The molecule has 0 atom stereocenters. The van der Waals surface area contributed by atoms with E-state index in [9.17, 15) is 0 Å². The van der Waals surface area contributed by atoms with Gasteiger partial charge in [-0.15, -0.1) is 11.3 Å². The van der Waals surface area contributed by atoms with Crippen LogP contribution in [-0.2, 0) is 0 Å². The quantitative estimate of drug-likeness (QED) is 0.181. The number of thiophene rings is 1. The molecule has 0 radical (unpaired) electrons. The Balaban J connectivity index is 1.27. The van der Waals surface area contributed by atoms with Gasteiger partial charge < -0.3 is 9.47 Å². The molecule has 3 heteroatoms. The number of anilines is 3. The van der Waals surface area contributed by atoms with Crippen LogP contribution in [0.15, 0.2) is 182 Å². The summed E-state index contributed by atoms with van der Waals surface area (Å²) in [5.41, 5.74) is 9.31. The molecular formula is C46H30N2S. The average Bonchev–Trinajstić information content (AvgIpc) is 3.72. The lowest BCUT2D eigenvalue weighted by Crippen LogP contribution is -2.11. The van der Waals surface area contributed by atoms with E-state index in [1.54, 1.807) is 0 Å². The van der Waals surface area contributed by atoms with Crippen LogP contribution < -0.4 is 4.90 Å². The maximum atomic E-state index is 2.45. The second-order valence-electron chi connectivity index (χ2n) is 12.6. The first kappa shape index (κ1) is 27.9. The van der Waals surface area contributed by atoms with Gasteiger partial charge in [0.2, 0.25) is 0 Å². The van der Waals surface area contributed by atoms with Gasteiger partial charge in [-0.1, -0.05) is 121 Å². The Hall–Kier alpha value is -6.16. The summed E-state index contributed by atoms with van der Waals surface area (Å²) in [7, 11) is 0. The highest BCUT2D eigenvalue weighted by atomic mass is 32.1. The highest BCUT2D eigenvalue weighted by molar-refractivity contribution is 7.26. The molecule has 10 rings (SSSR count). The molecule has 49 heavy (non-hydrogen) atoms. The zero-order valence-corrected chi connectivity index (χ0v) is 27.4. The lowest BCUT2D eigenvalue weighted by atomic mass is 10.0. The smallest absolute Gasteiger partial charge is 0.0561 e. The van der Waals surface area contributed by atoms with E-state index in [0.29, 0.717) is 0 Å². The van der Waals surface area contributed by atoms with Gasteiger partial charge in [-0.2, -0.15) is 0 Å². The van der Waals surface area contributed by atoms with Gasteiger partial charge in [0.15, 0.2) is 0 Å². The van der Waals surface area contributed by atoms with Gasteiger partial charge in [-0.05, 0) is 77.2 Å². The van der Waals surface area contributed by atoms with Crippen LogP contribution in [0.1, 0.15) is 0 Å². The second kappa shape index (κ2) is 11.2. The van der Waals surface area contributed by atoms with Crippen molar-refractivity contribution < 1.29 is 0 Å². The molecule has 0 saturated carbocycles. The van der Waals surface area contributed by atoms with Crippen LogP contribution in [0, 0.1) is 0 Å². The van der Waals surface area contributed by atoms with E-state index in [-0.39, 0.29) is 0 Å². The minimum Gasteiger partial charge on any atom is -0.310 e. The summed E-state index contributed by atoms with van der Waals surface area (Å²) in [6.45, 7) is 0. The Bertz CT molecular complexity index is 2830. The topological polar surface area (TPSA) is 8.17 Å². The third-order valence-corrected chi connectivity index (χ3v) is 10.9. The first-order chi connectivity index (χ1) is 24.3. The predicted octanol–water partition coefficient (Wildman–Crippen LogP) is 13.4. The first-order valence-corrected chi connectivity index (χ1v) is 17.5. The number of hydrogen-bond acceptors (Lipinski definition) is 2. The van der Waals surface area contributed by atoms with E-state index in [2.05, 4.69) is 191 Å². The van der Waals surface area contributed by atoms with Gasteiger partial charge in [0.05, 0.1) is 16.7 Å². The molecule has 230 valence electrons. The first-order valence-electron chi connectivity index (χ1n) is 16.7. The Labute approximate surface area is 288 Å². The molecule has 0 saturated heterocycles. The average molecular weight is 643 g/mol. The van der Waals surface area contributed by atoms with E-state index in [1.807, 2.05) is 11.3 Å². The number of aromatic nitrogens is 1. The maximum Gasteiger partial charge on any atom is 0.0561 e. The van der Waals surface area contributed by atoms with Crippen molar-refractivity contribution in [2.75, 3.05) is 4.90 Å². The molecule has 2 nitrogen and oxygen atoms in total. The van der Waals surface area contributed by atoms with Crippen molar-refractivity contribution in [2.24, 2.45) is 0 Å². The maximum absolute atomic E-state index is 2.45. The van der Waals surface area contributed by atoms with Gasteiger partial charge in [0.25, 0.3) is 0 Å². The van der Waals surface area contributed by atoms with Crippen LogP contribution in [0.2, 0.25) is 0 Å². The minimum atomic E-state index is 1.11. The summed E-state index contributed by atoms with van der Waals surface area (Å²) < 4.78 is 5.04. The third-order valence-electron chi connectivity index (χ3n) is 9.76. The van der Waals surface area contributed by atoms with Gasteiger partial charge in [0, 0.05) is 53.4 Å². The van der Waals surface area contributed by atoms with Gasteiger partial charge in [0.1, 0.15) is 0 Å². The van der Waals surface area contributed by atoms with Gasteiger partial charge in [-0.25, -0.2) is 0 Å². The van der Waals surface area contributed by atoms with Gasteiger partial charge >= 0.3 is 0 Å². The summed E-state index contributed by atoms with van der Waals surface area (Å²) in [5.74, 6) is 0. The monoisotopic (exact) mass is 642 g/mol. The summed E-state index contributed by atoms with van der Waals surface area (Å²) in [6.07, 6.45) is 0. The molecule has 0 bridgehead atoms. The normalized spacial score (nSPS) is 11.7. The SMILES string of the molecule is c1ccc(-c2cccc(N(c3ccc4c5ccccc5n(-c5ccccc5)c4c3)c3cccc4c3ccc3sc5ccccc5c34)c2)cc1. The molecule has 0 aliphatic carbocycles. The Morgan fingerprint density at radius 2 is 1.04 bits per heavy atom. The van der Waals surface area contributed by atoms with E-state index in [0.717, 1.165) is 22.7 Å². The fourth-order valence-corrected chi connectivity index (χ4v) is 8.72. The van der Waals surface area contributed by atoms with Crippen LogP contribution in [0.3, 0.4) is 0 Å². The van der Waals surface area contributed by atoms with Crippen molar-refractivity contribution in [1.29, 1.82) is 0 Å². The minimum absolute atomic E-state index is 1.11. The van der Waals surface area contributed by atoms with Crippen molar-refractivity contribution >= 4 is 81.1 Å². The third kappa shape index (κ3) is 4.47. The summed E-state index contributed by atoms with van der Waals surface area (Å²) in [5, 5.41) is 7.64. The van der Waals surface area contributed by atoms with Crippen molar-refractivity contribution in [3.8, 4) is 16.8 Å². The molecule has 0 unspecified atom stereocenters. The fourth-order valence-electron chi connectivity index (χ4n) is 7.60. The van der Waals surface area contributed by atoms with Crippen molar-refractivity contribution in [1.82, 2.24) is 4.57 Å². The van der Waals surface area contributed by atoms with E-state index in [1.165, 1.54) is 63.9 Å². The molecule has 8 aromatic carbocycles. The zero-order valence-electron chi connectivity index (χ0n) is 26.6. The zero-order chi connectivity index (χ0) is 32.3. The molecule has 0 spiro atoms. The largest absolute Gasteiger partial charge is 0.310 e. The fraction of sp³-hybridized carbons (Fsp3) is 0. The number of benzene rings is 8. The highest BCUT2D eigenvalue weighted by Crippen LogP contribution is 2.46. The summed E-state index contributed by atoms with van der Waals surface area (Å²) in [4.78, 5) is 2.45. The predicted molar refractivity (Wildman–Crippen MR) is 211 cm³/mol. The van der Waals surface area contributed by atoms with E-state index >= 15 is 0 Å². The van der Waals surface area contributed by atoms with Crippen LogP contribution in [-0.4, -0.2) is 4.57 Å². The molecule has 10 aromatic rings. The van der Waals surface area contributed by atoms with Crippen LogP contribution in [0.5, 0.6) is 0 Å². The number of rotatable bonds is 5. The lowest BCUT2D eigenvalue weighted by Gasteiger charge is -2.28. The summed E-state index contributed by atoms with van der Waals surface area (Å²) in [6, 6.07) is 66.2. The molecule has 0 aliphatic rings. The molecule has 0 aliphatic heterocycles. The second-order valence-corrected chi connectivity index (χ2v) is 13.6. The summed E-state index contributed by atoms with van der Waals surface area (Å²) >= 11 is 1.87. The Morgan fingerprint density at radius 1 is 0.388 bits per heavy atom. The number of para-hydroxylation sites is 2. The number of nitrogens with zero attached hydrogens (tertiary/aromatic N) is 2. The van der Waals surface area contributed by atoms with Crippen LogP contribution >= 0.6 is 11.3 Å². The molecule has 0 amide bonds. The van der Waals surface area contributed by atoms with Crippen molar-refractivity contribution in [3.63, 3.8) is 0 Å². The standard InChI is InChI=1S/C46H30N2S/c1-3-13-31(14-4-1)32-15-11-18-34(29-32)47(41-23-12-21-39-38(41)27-28-45-46(39)40-20-8-10-24-44(40)49-45)35-25-26-37-36-19-7-9-22-42(36)48(43(37)30-35)33-16-5-2-6-17-33/h1-30H. The highest BCUT2D eigenvalue weighted by Gasteiger charge is 2.20. The number of hydrogen-bond donors (Lipinski definition) is 0. The van der Waals surface area contributed by atoms with Crippen molar-refractivity contribution in [3.05, 3.63) is 182 Å². The van der Waals surface area contributed by atoms with E-state index in [4.69, 9.17) is 0 Å². The van der Waals surface area contributed by atoms with Crippen molar-refractivity contribution in [2.45, 2.75) is 0 Å². The van der Waals surface area contributed by atoms with Crippen LogP contribution in [0.4, 0.5) is 17.1 Å².